The van der Waals surface area contributed by atoms with Crippen LogP contribution in [-0.4, -0.2) is 26.7 Å². The van der Waals surface area contributed by atoms with Crippen LogP contribution >= 0.6 is 11.8 Å². The van der Waals surface area contributed by atoms with Crippen molar-refractivity contribution in [3.63, 3.8) is 0 Å². The maximum Gasteiger partial charge on any atom is 0.318 e. The second kappa shape index (κ2) is 8.15. The van der Waals surface area contributed by atoms with Crippen LogP contribution in [0.5, 0.6) is 0 Å². The number of nitrogens with two attached hydrogens (primary N) is 1. The van der Waals surface area contributed by atoms with Gasteiger partial charge >= 0.3 is 6.03 Å². The van der Waals surface area contributed by atoms with Crippen molar-refractivity contribution in [3.05, 3.63) is 34.6 Å². The van der Waals surface area contributed by atoms with Crippen molar-refractivity contribution in [2.45, 2.75) is 44.1 Å². The fourth-order valence-corrected chi connectivity index (χ4v) is 3.19. The summed E-state index contributed by atoms with van der Waals surface area (Å²) in [6, 6.07) is 6.22. The van der Waals surface area contributed by atoms with E-state index in [0.717, 1.165) is 18.2 Å². The minimum absolute atomic E-state index is 0.128. The van der Waals surface area contributed by atoms with Crippen molar-refractivity contribution in [3.8, 4) is 0 Å². The second-order valence-corrected chi connectivity index (χ2v) is 7.47. The summed E-state index contributed by atoms with van der Waals surface area (Å²) in [5.41, 5.74) is 5.44. The zero-order valence-electron chi connectivity index (χ0n) is 14.5. The summed E-state index contributed by atoms with van der Waals surface area (Å²) in [7, 11) is 0. The number of para-hydroxylation sites is 1. The number of nitrogens with zero attached hydrogens (tertiary/aromatic N) is 2. The van der Waals surface area contributed by atoms with Gasteiger partial charge in [0.1, 0.15) is 0 Å². The molecule has 134 valence electrons. The number of imide groups is 1. The number of benzene rings is 1. The van der Waals surface area contributed by atoms with Gasteiger partial charge in [0.05, 0.1) is 16.2 Å². The number of carbonyl (C=O) groups excluding carboxylic acids is 2. The summed E-state index contributed by atoms with van der Waals surface area (Å²) in [6.45, 7) is 6.31. The lowest BCUT2D eigenvalue weighted by Crippen LogP contribution is -2.39. The van der Waals surface area contributed by atoms with Crippen molar-refractivity contribution >= 4 is 34.6 Å². The summed E-state index contributed by atoms with van der Waals surface area (Å²) < 4.78 is 1.60. The average Bonchev–Trinajstić information content (AvgIpc) is 2.53. The number of aromatic nitrogens is 2. The number of hydrogen-bond donors (Lipinski definition) is 2. The molecule has 0 unspecified atom stereocenters. The first-order valence-corrected chi connectivity index (χ1v) is 8.94. The molecule has 1 aromatic carbocycles. The molecule has 3 N–H and O–H groups in total. The van der Waals surface area contributed by atoms with Gasteiger partial charge in [0.2, 0.25) is 5.91 Å². The fourth-order valence-electron chi connectivity index (χ4n) is 2.26. The number of carbonyl (C=O) groups is 2. The van der Waals surface area contributed by atoms with E-state index in [1.54, 1.807) is 29.7 Å². The Morgan fingerprint density at radius 2 is 1.96 bits per heavy atom. The molecule has 0 bridgehead atoms. The van der Waals surface area contributed by atoms with Crippen molar-refractivity contribution in [2.24, 2.45) is 11.7 Å². The third-order valence-electron chi connectivity index (χ3n) is 3.65. The first-order valence-electron chi connectivity index (χ1n) is 8.06. The molecule has 0 aliphatic carbocycles. The predicted octanol–water partition coefficient (Wildman–Crippen LogP) is 2.12. The van der Waals surface area contributed by atoms with Gasteiger partial charge in [-0.2, -0.15) is 0 Å². The van der Waals surface area contributed by atoms with Crippen molar-refractivity contribution in [2.75, 3.05) is 0 Å². The van der Waals surface area contributed by atoms with Gasteiger partial charge < -0.3 is 5.73 Å². The molecule has 25 heavy (non-hydrogen) atoms. The summed E-state index contributed by atoms with van der Waals surface area (Å²) in [4.78, 5) is 40.2. The third kappa shape index (κ3) is 4.82. The lowest BCUT2D eigenvalue weighted by atomic mass is 10.1. The van der Waals surface area contributed by atoms with Crippen LogP contribution in [0.3, 0.4) is 0 Å². The summed E-state index contributed by atoms with van der Waals surface area (Å²) in [6.07, 6.45) is 0.815. The van der Waals surface area contributed by atoms with Gasteiger partial charge in [-0.05, 0) is 31.4 Å². The first-order chi connectivity index (χ1) is 11.8. The zero-order valence-corrected chi connectivity index (χ0v) is 15.3. The molecule has 0 aliphatic rings. The minimum Gasteiger partial charge on any atom is -0.351 e. The van der Waals surface area contributed by atoms with E-state index in [-0.39, 0.29) is 5.56 Å². The van der Waals surface area contributed by atoms with Gasteiger partial charge in [-0.25, -0.2) is 9.78 Å². The predicted molar refractivity (Wildman–Crippen MR) is 98.5 cm³/mol. The molecule has 1 atom stereocenters. The third-order valence-corrected chi connectivity index (χ3v) is 4.74. The Balaban J connectivity index is 2.41. The van der Waals surface area contributed by atoms with E-state index in [9.17, 15) is 14.4 Å². The van der Waals surface area contributed by atoms with Gasteiger partial charge in [-0.1, -0.05) is 37.7 Å². The lowest BCUT2D eigenvalue weighted by molar-refractivity contribution is -0.119. The highest BCUT2D eigenvalue weighted by Gasteiger charge is 2.20. The Kier molecular flexibility index (Phi) is 6.19. The Bertz CT molecular complexity index is 847. The van der Waals surface area contributed by atoms with Crippen LogP contribution in [0, 0.1) is 5.92 Å². The lowest BCUT2D eigenvalue weighted by Gasteiger charge is -2.16. The Labute approximate surface area is 150 Å². The molecule has 2 aromatic rings. The maximum atomic E-state index is 12.8. The number of urea groups is 1. The molecule has 0 saturated carbocycles. The molecule has 8 heteroatoms. The molecule has 0 spiro atoms. The van der Waals surface area contributed by atoms with Crippen LogP contribution in [0.25, 0.3) is 10.9 Å². The van der Waals surface area contributed by atoms with Gasteiger partial charge in [0, 0.05) is 6.54 Å². The zero-order chi connectivity index (χ0) is 18.6. The number of hydrogen-bond acceptors (Lipinski definition) is 5. The quantitative estimate of drug-likeness (QED) is 0.604. The highest BCUT2D eigenvalue weighted by atomic mass is 32.2. The standard InChI is InChI=1S/C17H22N4O3S/c1-10(2)8-9-21-15(23)12-6-4-5-7-13(12)19-17(21)25-11(3)14(22)20-16(18)24/h4-7,10-11H,8-9H2,1-3H3,(H3,18,20,22,24)/t11-/m1/s1. The molecular weight excluding hydrogens is 340 g/mol. The monoisotopic (exact) mass is 362 g/mol. The summed E-state index contributed by atoms with van der Waals surface area (Å²) in [5, 5.41) is 2.43. The number of primary amides is 1. The topological polar surface area (TPSA) is 107 Å². The van der Waals surface area contributed by atoms with Crippen LogP contribution in [0.4, 0.5) is 4.79 Å². The molecule has 0 saturated heterocycles. The molecule has 1 aromatic heterocycles. The number of nitrogens with one attached hydrogen (secondary N) is 1. The number of fused-ring (bicyclic) bond motifs is 1. The van der Waals surface area contributed by atoms with E-state index in [1.165, 1.54) is 0 Å². The first kappa shape index (κ1) is 19.0. The van der Waals surface area contributed by atoms with E-state index in [4.69, 9.17) is 5.73 Å². The van der Waals surface area contributed by atoms with Gasteiger partial charge in [0.15, 0.2) is 5.16 Å². The van der Waals surface area contributed by atoms with E-state index in [2.05, 4.69) is 18.8 Å². The summed E-state index contributed by atoms with van der Waals surface area (Å²) >= 11 is 1.13. The smallest absolute Gasteiger partial charge is 0.318 e. The van der Waals surface area contributed by atoms with E-state index in [1.807, 2.05) is 11.4 Å². The highest BCUT2D eigenvalue weighted by molar-refractivity contribution is 8.00. The highest BCUT2D eigenvalue weighted by Crippen LogP contribution is 2.23. The maximum absolute atomic E-state index is 12.8. The van der Waals surface area contributed by atoms with Crippen LogP contribution < -0.4 is 16.6 Å². The second-order valence-electron chi connectivity index (χ2n) is 6.16. The van der Waals surface area contributed by atoms with E-state index in [0.29, 0.717) is 28.5 Å². The molecule has 0 aliphatic heterocycles. The van der Waals surface area contributed by atoms with Gasteiger partial charge in [-0.3, -0.25) is 19.5 Å². The largest absolute Gasteiger partial charge is 0.351 e. The Hall–Kier alpha value is -2.35. The Morgan fingerprint density at radius 1 is 1.28 bits per heavy atom. The fraction of sp³-hybridized carbons (Fsp3) is 0.412. The molecule has 7 nitrogen and oxygen atoms in total. The van der Waals surface area contributed by atoms with Gasteiger partial charge in [0.25, 0.3) is 5.56 Å². The van der Waals surface area contributed by atoms with Gasteiger partial charge in [-0.15, -0.1) is 0 Å². The van der Waals surface area contributed by atoms with E-state index >= 15 is 0 Å². The Morgan fingerprint density at radius 3 is 2.60 bits per heavy atom. The summed E-state index contributed by atoms with van der Waals surface area (Å²) in [5.74, 6) is -0.0953. The van der Waals surface area contributed by atoms with Crippen LogP contribution in [0.1, 0.15) is 27.2 Å². The minimum atomic E-state index is -0.902. The molecule has 3 amide bonds. The van der Waals surface area contributed by atoms with Crippen LogP contribution in [-0.2, 0) is 11.3 Å². The molecular formula is C17H22N4O3S. The number of amides is 3. The average molecular weight is 362 g/mol. The van der Waals surface area contributed by atoms with Crippen LogP contribution in [0.2, 0.25) is 0 Å². The molecule has 2 rings (SSSR count). The number of thioether (sulfide) groups is 1. The van der Waals surface area contributed by atoms with Crippen molar-refractivity contribution in [1.82, 2.24) is 14.9 Å². The molecule has 0 fully saturated rings. The normalized spacial score (nSPS) is 12.3. The molecule has 1 heterocycles. The SMILES string of the molecule is CC(C)CCn1c(S[C@H](C)C(=O)NC(N)=O)nc2ccccc2c1=O. The number of rotatable bonds is 6. The van der Waals surface area contributed by atoms with Crippen molar-refractivity contribution in [1.29, 1.82) is 0 Å². The van der Waals surface area contributed by atoms with Crippen LogP contribution in [0.15, 0.2) is 34.2 Å². The van der Waals surface area contributed by atoms with Crippen molar-refractivity contribution < 1.29 is 9.59 Å². The molecule has 0 radical (unpaired) electrons. The van der Waals surface area contributed by atoms with E-state index < -0.39 is 17.2 Å².